The van der Waals surface area contributed by atoms with Gasteiger partial charge in [0.1, 0.15) is 0 Å². The molecule has 0 radical (unpaired) electrons. The predicted molar refractivity (Wildman–Crippen MR) is 76.9 cm³/mol. The third-order valence-electron chi connectivity index (χ3n) is 4.34. The molecule has 2 rings (SSSR count). The maximum absolute atomic E-state index is 12.0. The van der Waals surface area contributed by atoms with Crippen molar-refractivity contribution in [2.45, 2.75) is 25.3 Å². The summed E-state index contributed by atoms with van der Waals surface area (Å²) in [5.74, 6) is 0.700. The van der Waals surface area contributed by atoms with Gasteiger partial charge < -0.3 is 20.4 Å². The first-order valence-electron chi connectivity index (χ1n) is 7.46. The molecule has 0 aromatic rings. The first-order chi connectivity index (χ1) is 9.10. The Morgan fingerprint density at radius 1 is 1.37 bits per heavy atom. The highest BCUT2D eigenvalue weighted by Crippen LogP contribution is 2.24. The lowest BCUT2D eigenvalue weighted by Crippen LogP contribution is -2.39. The molecule has 110 valence electrons. The Hall–Kier alpha value is -0.650. The van der Waals surface area contributed by atoms with E-state index in [4.69, 9.17) is 5.73 Å². The average Bonchev–Trinajstić information content (AvgIpc) is 2.95. The zero-order chi connectivity index (χ0) is 13.8. The standard InChI is InChI=1S/C14H28N4O/c1-16(2)5-3-6-17-7-4-13(11-17)18-10-12(9-15)8-14(18)19/h12-13H,3-11,15H2,1-2H3. The van der Waals surface area contributed by atoms with E-state index < -0.39 is 0 Å². The maximum atomic E-state index is 12.0. The molecule has 0 aromatic carbocycles. The van der Waals surface area contributed by atoms with Gasteiger partial charge >= 0.3 is 0 Å². The largest absolute Gasteiger partial charge is 0.338 e. The van der Waals surface area contributed by atoms with Crippen LogP contribution in [0.4, 0.5) is 0 Å². The molecular weight excluding hydrogens is 240 g/mol. The first-order valence-corrected chi connectivity index (χ1v) is 7.46. The highest BCUT2D eigenvalue weighted by molar-refractivity contribution is 5.79. The van der Waals surface area contributed by atoms with Gasteiger partial charge in [-0.05, 0) is 52.5 Å². The zero-order valence-corrected chi connectivity index (χ0v) is 12.3. The topological polar surface area (TPSA) is 52.8 Å². The zero-order valence-electron chi connectivity index (χ0n) is 12.3. The summed E-state index contributed by atoms with van der Waals surface area (Å²) in [7, 11) is 4.23. The lowest BCUT2D eigenvalue weighted by Gasteiger charge is -2.25. The molecule has 0 spiro atoms. The second-order valence-corrected chi connectivity index (χ2v) is 6.25. The molecule has 2 heterocycles. The number of hydrogen-bond donors (Lipinski definition) is 1. The van der Waals surface area contributed by atoms with Crippen molar-refractivity contribution in [2.24, 2.45) is 11.7 Å². The number of nitrogens with zero attached hydrogens (tertiary/aromatic N) is 3. The van der Waals surface area contributed by atoms with E-state index in [-0.39, 0.29) is 0 Å². The highest BCUT2D eigenvalue weighted by Gasteiger charge is 2.36. The summed E-state index contributed by atoms with van der Waals surface area (Å²) in [5, 5.41) is 0. The summed E-state index contributed by atoms with van der Waals surface area (Å²) in [6.45, 7) is 5.99. The van der Waals surface area contributed by atoms with Crippen molar-refractivity contribution in [1.29, 1.82) is 0 Å². The number of likely N-dealkylation sites (tertiary alicyclic amines) is 2. The minimum absolute atomic E-state index is 0.315. The molecule has 5 nitrogen and oxygen atoms in total. The van der Waals surface area contributed by atoms with Gasteiger partial charge in [-0.1, -0.05) is 0 Å². The van der Waals surface area contributed by atoms with Gasteiger partial charge in [0.2, 0.25) is 5.91 Å². The van der Waals surface area contributed by atoms with Gasteiger partial charge in [-0.15, -0.1) is 0 Å². The molecule has 19 heavy (non-hydrogen) atoms. The van der Waals surface area contributed by atoms with Crippen molar-refractivity contribution in [1.82, 2.24) is 14.7 Å². The molecule has 2 fully saturated rings. The van der Waals surface area contributed by atoms with E-state index in [0.717, 1.165) is 39.1 Å². The fourth-order valence-corrected chi connectivity index (χ4v) is 3.20. The van der Waals surface area contributed by atoms with Crippen LogP contribution in [-0.2, 0) is 4.79 Å². The Morgan fingerprint density at radius 3 is 2.79 bits per heavy atom. The summed E-state index contributed by atoms with van der Waals surface area (Å²) < 4.78 is 0. The molecule has 0 aromatic heterocycles. The molecule has 2 N–H and O–H groups in total. The lowest BCUT2D eigenvalue weighted by molar-refractivity contribution is -0.129. The van der Waals surface area contributed by atoms with Crippen LogP contribution in [0.1, 0.15) is 19.3 Å². The Bertz CT molecular complexity index is 308. The van der Waals surface area contributed by atoms with E-state index in [1.165, 1.54) is 6.42 Å². The number of hydrogen-bond acceptors (Lipinski definition) is 4. The molecule has 2 aliphatic heterocycles. The normalized spacial score (nSPS) is 28.8. The number of nitrogens with two attached hydrogens (primary N) is 1. The third kappa shape index (κ3) is 3.91. The molecular formula is C14H28N4O. The van der Waals surface area contributed by atoms with Crippen LogP contribution in [0.5, 0.6) is 0 Å². The number of carbonyl (C=O) groups is 1. The fourth-order valence-electron chi connectivity index (χ4n) is 3.20. The quantitative estimate of drug-likeness (QED) is 0.726. The monoisotopic (exact) mass is 268 g/mol. The van der Waals surface area contributed by atoms with Crippen LogP contribution in [0.3, 0.4) is 0 Å². The van der Waals surface area contributed by atoms with Crippen molar-refractivity contribution in [2.75, 3.05) is 53.4 Å². The van der Waals surface area contributed by atoms with Crippen molar-refractivity contribution in [3.63, 3.8) is 0 Å². The third-order valence-corrected chi connectivity index (χ3v) is 4.34. The minimum atomic E-state index is 0.315. The van der Waals surface area contributed by atoms with Crippen LogP contribution in [-0.4, -0.2) is 80.0 Å². The van der Waals surface area contributed by atoms with Gasteiger partial charge in [-0.25, -0.2) is 0 Å². The summed E-state index contributed by atoms with van der Waals surface area (Å²) >= 11 is 0. The molecule has 2 unspecified atom stereocenters. The molecule has 0 bridgehead atoms. The fraction of sp³-hybridized carbons (Fsp3) is 0.929. The molecule has 1 amide bonds. The molecule has 0 aliphatic carbocycles. The van der Waals surface area contributed by atoms with Crippen molar-refractivity contribution in [3.8, 4) is 0 Å². The smallest absolute Gasteiger partial charge is 0.223 e. The van der Waals surface area contributed by atoms with E-state index in [1.807, 2.05) is 0 Å². The van der Waals surface area contributed by atoms with E-state index in [9.17, 15) is 4.79 Å². The summed E-state index contributed by atoms with van der Waals surface area (Å²) in [5.41, 5.74) is 5.68. The van der Waals surface area contributed by atoms with Gasteiger partial charge in [0.25, 0.3) is 0 Å². The second kappa shape index (κ2) is 6.68. The van der Waals surface area contributed by atoms with Crippen LogP contribution in [0.2, 0.25) is 0 Å². The Labute approximate surface area is 116 Å². The van der Waals surface area contributed by atoms with E-state index in [2.05, 4.69) is 28.8 Å². The molecule has 0 saturated carbocycles. The van der Waals surface area contributed by atoms with Crippen LogP contribution in [0, 0.1) is 5.92 Å². The Morgan fingerprint density at radius 2 is 2.16 bits per heavy atom. The van der Waals surface area contributed by atoms with E-state index in [0.29, 0.717) is 30.8 Å². The second-order valence-electron chi connectivity index (χ2n) is 6.25. The van der Waals surface area contributed by atoms with Gasteiger partial charge in [-0.2, -0.15) is 0 Å². The molecule has 5 heteroatoms. The van der Waals surface area contributed by atoms with Crippen LogP contribution >= 0.6 is 0 Å². The Kier molecular flexibility index (Phi) is 5.19. The van der Waals surface area contributed by atoms with Crippen molar-refractivity contribution >= 4 is 5.91 Å². The van der Waals surface area contributed by atoms with E-state index >= 15 is 0 Å². The highest BCUT2D eigenvalue weighted by atomic mass is 16.2. The van der Waals surface area contributed by atoms with Gasteiger partial charge in [0.15, 0.2) is 0 Å². The predicted octanol–water partition coefficient (Wildman–Crippen LogP) is -0.180. The van der Waals surface area contributed by atoms with Crippen molar-refractivity contribution in [3.05, 3.63) is 0 Å². The van der Waals surface area contributed by atoms with Crippen LogP contribution in [0.25, 0.3) is 0 Å². The average molecular weight is 268 g/mol. The SMILES string of the molecule is CN(C)CCCN1CCC(N2CC(CN)CC2=O)C1. The first kappa shape index (κ1) is 14.8. The number of amides is 1. The molecule has 2 aliphatic rings. The summed E-state index contributed by atoms with van der Waals surface area (Å²) in [6.07, 6.45) is 3.00. The number of rotatable bonds is 6. The van der Waals surface area contributed by atoms with Gasteiger partial charge in [0.05, 0.1) is 0 Å². The minimum Gasteiger partial charge on any atom is -0.338 e. The van der Waals surface area contributed by atoms with Crippen LogP contribution < -0.4 is 5.73 Å². The molecule has 2 saturated heterocycles. The summed E-state index contributed by atoms with van der Waals surface area (Å²) in [4.78, 5) is 18.8. The Balaban J connectivity index is 1.74. The lowest BCUT2D eigenvalue weighted by atomic mass is 10.1. The van der Waals surface area contributed by atoms with Crippen LogP contribution in [0.15, 0.2) is 0 Å². The van der Waals surface area contributed by atoms with E-state index in [1.54, 1.807) is 0 Å². The molecule has 2 atom stereocenters. The maximum Gasteiger partial charge on any atom is 0.223 e. The van der Waals surface area contributed by atoms with Crippen molar-refractivity contribution < 1.29 is 4.79 Å². The van der Waals surface area contributed by atoms with Gasteiger partial charge in [0, 0.05) is 32.1 Å². The summed E-state index contributed by atoms with van der Waals surface area (Å²) in [6, 6.07) is 0.434. The van der Waals surface area contributed by atoms with Gasteiger partial charge in [-0.3, -0.25) is 4.79 Å². The number of carbonyl (C=O) groups excluding carboxylic acids is 1.